The summed E-state index contributed by atoms with van der Waals surface area (Å²) in [5.74, 6) is 1.12. The number of amides is 1. The number of halogens is 2. The molecule has 0 aromatic heterocycles. The lowest BCUT2D eigenvalue weighted by atomic mass is 10.1. The lowest BCUT2D eigenvalue weighted by Crippen LogP contribution is -2.25. The Kier molecular flexibility index (Phi) is 5.69. The van der Waals surface area contributed by atoms with Crippen molar-refractivity contribution in [3.8, 4) is 11.5 Å². The molecule has 1 N–H and O–H groups in total. The van der Waals surface area contributed by atoms with E-state index in [9.17, 15) is 4.79 Å². The summed E-state index contributed by atoms with van der Waals surface area (Å²) in [5.41, 5.74) is -0.111. The minimum atomic E-state index is -0.983. The maximum Gasteiger partial charge on any atom is 0.233 e. The topological polar surface area (TPSA) is 47.6 Å². The highest BCUT2D eigenvalue weighted by atomic mass is 35.5. The summed E-state index contributed by atoms with van der Waals surface area (Å²) < 4.78 is 10.4. The number of ether oxygens (including phenoxy) is 2. The number of hydrogen-bond acceptors (Lipinski definition) is 3. The van der Waals surface area contributed by atoms with Crippen molar-refractivity contribution < 1.29 is 14.3 Å². The number of rotatable bonds is 8. The van der Waals surface area contributed by atoms with E-state index in [4.69, 9.17) is 32.7 Å². The van der Waals surface area contributed by atoms with Crippen molar-refractivity contribution in [2.75, 3.05) is 18.5 Å². The van der Waals surface area contributed by atoms with E-state index in [1.165, 1.54) is 0 Å². The molecule has 1 atom stereocenters. The van der Waals surface area contributed by atoms with Crippen molar-refractivity contribution in [1.82, 2.24) is 0 Å². The third kappa shape index (κ3) is 4.04. The highest BCUT2D eigenvalue weighted by Gasteiger charge is 2.67. The van der Waals surface area contributed by atoms with Gasteiger partial charge in [-0.2, -0.15) is 0 Å². The lowest BCUT2D eigenvalue weighted by Gasteiger charge is -2.16. The van der Waals surface area contributed by atoms with Gasteiger partial charge in [0, 0.05) is 11.8 Å². The number of nitrogens with one attached hydrogen (secondary N) is 1. The van der Waals surface area contributed by atoms with Crippen molar-refractivity contribution in [1.29, 1.82) is 0 Å². The summed E-state index contributed by atoms with van der Waals surface area (Å²) >= 11 is 12.1. The molecular formula is C17H23Cl2NO3. The van der Waals surface area contributed by atoms with Gasteiger partial charge in [-0.3, -0.25) is 4.79 Å². The first-order valence-electron chi connectivity index (χ1n) is 7.93. The Morgan fingerprint density at radius 3 is 2.26 bits per heavy atom. The van der Waals surface area contributed by atoms with Crippen molar-refractivity contribution in [3.05, 3.63) is 18.2 Å². The van der Waals surface area contributed by atoms with Crippen LogP contribution in [0.25, 0.3) is 0 Å². The maximum absolute atomic E-state index is 12.3. The number of carbonyl (C=O) groups is 1. The van der Waals surface area contributed by atoms with Crippen LogP contribution in [0.3, 0.4) is 0 Å². The first-order valence-corrected chi connectivity index (χ1v) is 8.68. The minimum absolute atomic E-state index is 0.189. The van der Waals surface area contributed by atoms with Gasteiger partial charge < -0.3 is 14.8 Å². The van der Waals surface area contributed by atoms with Gasteiger partial charge in [0.05, 0.1) is 18.6 Å². The molecule has 1 fully saturated rings. The second-order valence-electron chi connectivity index (χ2n) is 6.03. The number of anilines is 1. The fourth-order valence-electron chi connectivity index (χ4n) is 2.16. The summed E-state index contributed by atoms with van der Waals surface area (Å²) in [6, 6.07) is 5.37. The standard InChI is InChI=1S/C17H23Cl2NO3/c1-4-8-22-13-7-6-12(10-14(13)23-9-5-2)20-15(21)16(3)11-17(16,18)19/h6-7,10H,4-5,8-9,11H2,1-3H3,(H,20,21). The molecule has 1 saturated carbocycles. The van der Waals surface area contributed by atoms with Crippen LogP contribution in [0.4, 0.5) is 5.69 Å². The largest absolute Gasteiger partial charge is 0.490 e. The Morgan fingerprint density at radius 2 is 1.74 bits per heavy atom. The number of carbonyl (C=O) groups excluding carboxylic acids is 1. The normalized spacial score (nSPS) is 21.6. The Morgan fingerprint density at radius 1 is 1.17 bits per heavy atom. The van der Waals surface area contributed by atoms with Crippen LogP contribution in [0.2, 0.25) is 0 Å². The monoisotopic (exact) mass is 359 g/mol. The van der Waals surface area contributed by atoms with Crippen molar-refractivity contribution in [3.63, 3.8) is 0 Å². The van der Waals surface area contributed by atoms with E-state index in [0.29, 0.717) is 36.8 Å². The maximum atomic E-state index is 12.3. The fourth-order valence-corrected chi connectivity index (χ4v) is 2.86. The molecule has 1 aromatic carbocycles. The van der Waals surface area contributed by atoms with Crippen molar-refractivity contribution in [2.24, 2.45) is 5.41 Å². The summed E-state index contributed by atoms with van der Waals surface area (Å²) in [6.45, 7) is 7.04. The molecule has 1 amide bonds. The van der Waals surface area contributed by atoms with E-state index >= 15 is 0 Å². The average Bonchev–Trinajstić information content (AvgIpc) is 3.04. The minimum Gasteiger partial charge on any atom is -0.490 e. The predicted molar refractivity (Wildman–Crippen MR) is 93.8 cm³/mol. The van der Waals surface area contributed by atoms with Crippen molar-refractivity contribution >= 4 is 34.8 Å². The Balaban J connectivity index is 2.11. The number of benzene rings is 1. The first kappa shape index (κ1) is 18.2. The number of alkyl halides is 2. The summed E-state index contributed by atoms with van der Waals surface area (Å²) in [4.78, 5) is 12.3. The van der Waals surface area contributed by atoms with Gasteiger partial charge in [0.25, 0.3) is 0 Å². The predicted octanol–water partition coefficient (Wildman–Crippen LogP) is 4.79. The molecule has 4 nitrogen and oxygen atoms in total. The first-order chi connectivity index (χ1) is 10.8. The molecule has 23 heavy (non-hydrogen) atoms. The third-order valence-corrected chi connectivity index (χ3v) is 4.99. The van der Waals surface area contributed by atoms with Crippen LogP contribution >= 0.6 is 23.2 Å². The zero-order valence-corrected chi connectivity index (χ0v) is 15.3. The molecule has 0 heterocycles. The molecule has 6 heteroatoms. The molecule has 1 unspecified atom stereocenters. The number of hydrogen-bond donors (Lipinski definition) is 1. The second-order valence-corrected chi connectivity index (χ2v) is 7.51. The van der Waals surface area contributed by atoms with Gasteiger partial charge in [-0.15, -0.1) is 23.2 Å². The van der Waals surface area contributed by atoms with E-state index in [1.807, 2.05) is 13.8 Å². The van der Waals surface area contributed by atoms with Crippen LogP contribution in [0.15, 0.2) is 18.2 Å². The zero-order valence-electron chi connectivity index (χ0n) is 13.7. The zero-order chi connectivity index (χ0) is 17.1. The SMILES string of the molecule is CCCOc1ccc(NC(=O)C2(C)CC2(Cl)Cl)cc1OCCC. The van der Waals surface area contributed by atoms with E-state index in [0.717, 1.165) is 12.8 Å². The third-order valence-electron chi connectivity index (χ3n) is 3.88. The fraction of sp³-hybridized carbons (Fsp3) is 0.588. The van der Waals surface area contributed by atoms with Crippen LogP contribution in [0, 0.1) is 5.41 Å². The highest BCUT2D eigenvalue weighted by molar-refractivity contribution is 6.53. The van der Waals surface area contributed by atoms with E-state index in [2.05, 4.69) is 5.32 Å². The van der Waals surface area contributed by atoms with Crippen LogP contribution in [0.5, 0.6) is 11.5 Å². The van der Waals surface area contributed by atoms with Gasteiger partial charge in [0.1, 0.15) is 4.33 Å². The van der Waals surface area contributed by atoms with Gasteiger partial charge in [-0.25, -0.2) is 0 Å². The quantitative estimate of drug-likeness (QED) is 0.679. The van der Waals surface area contributed by atoms with Crippen molar-refractivity contribution in [2.45, 2.75) is 44.4 Å². The van der Waals surface area contributed by atoms with Gasteiger partial charge in [-0.1, -0.05) is 13.8 Å². The van der Waals surface area contributed by atoms with E-state index in [1.54, 1.807) is 25.1 Å². The highest BCUT2D eigenvalue weighted by Crippen LogP contribution is 2.64. The van der Waals surface area contributed by atoms with Gasteiger partial charge >= 0.3 is 0 Å². The molecule has 1 aromatic rings. The second kappa shape index (κ2) is 7.18. The molecule has 1 aliphatic carbocycles. The molecule has 0 bridgehead atoms. The van der Waals surface area contributed by atoms with Gasteiger partial charge in [0.2, 0.25) is 5.91 Å². The Bertz CT molecular complexity index is 577. The van der Waals surface area contributed by atoms with E-state index < -0.39 is 9.75 Å². The molecule has 0 spiro atoms. The van der Waals surface area contributed by atoms with E-state index in [-0.39, 0.29) is 5.91 Å². The summed E-state index contributed by atoms with van der Waals surface area (Å²) in [6.07, 6.45) is 2.26. The molecule has 0 aliphatic heterocycles. The molecule has 128 valence electrons. The Hall–Kier alpha value is -1.13. The summed E-state index contributed by atoms with van der Waals surface area (Å²) in [5, 5.41) is 2.86. The molecule has 0 saturated heterocycles. The van der Waals surface area contributed by atoms with Crippen LogP contribution in [-0.2, 0) is 4.79 Å². The molecular weight excluding hydrogens is 337 g/mol. The summed E-state index contributed by atoms with van der Waals surface area (Å²) in [7, 11) is 0. The van der Waals surface area contributed by atoms with Crippen LogP contribution in [-0.4, -0.2) is 23.5 Å². The molecule has 2 rings (SSSR count). The smallest absolute Gasteiger partial charge is 0.233 e. The molecule has 1 aliphatic rings. The lowest BCUT2D eigenvalue weighted by molar-refractivity contribution is -0.120. The van der Waals surface area contributed by atoms with Crippen LogP contribution < -0.4 is 14.8 Å². The Labute approximate surface area is 147 Å². The molecule has 0 radical (unpaired) electrons. The van der Waals surface area contributed by atoms with Crippen LogP contribution in [0.1, 0.15) is 40.0 Å². The average molecular weight is 360 g/mol. The van der Waals surface area contributed by atoms with Gasteiger partial charge in [0.15, 0.2) is 11.5 Å². The van der Waals surface area contributed by atoms with Gasteiger partial charge in [-0.05, 0) is 38.3 Å².